The normalized spacial score (nSPS) is 13.9. The van der Waals surface area contributed by atoms with E-state index in [1.165, 1.54) is 0 Å². The number of pyridine rings is 1. The van der Waals surface area contributed by atoms with Crippen molar-refractivity contribution in [1.29, 1.82) is 0 Å². The van der Waals surface area contributed by atoms with E-state index >= 15 is 8.78 Å². The third-order valence-electron chi connectivity index (χ3n) is 7.42. The van der Waals surface area contributed by atoms with E-state index in [-0.39, 0.29) is 34.8 Å². The number of rotatable bonds is 10. The lowest BCUT2D eigenvalue weighted by atomic mass is 10.1. The molecule has 0 radical (unpaired) electrons. The van der Waals surface area contributed by atoms with Gasteiger partial charge in [0.15, 0.2) is 5.82 Å². The Morgan fingerprint density at radius 3 is 2.20 bits per heavy atom. The van der Waals surface area contributed by atoms with Gasteiger partial charge in [-0.15, -0.1) is 0 Å². The van der Waals surface area contributed by atoms with Gasteiger partial charge in [0.25, 0.3) is 11.5 Å². The van der Waals surface area contributed by atoms with Gasteiger partial charge in [-0.25, -0.2) is 13.8 Å². The van der Waals surface area contributed by atoms with Crippen LogP contribution in [0.3, 0.4) is 0 Å². The summed E-state index contributed by atoms with van der Waals surface area (Å²) >= 11 is 0. The molecule has 1 fully saturated rings. The molecule has 1 aliphatic rings. The van der Waals surface area contributed by atoms with Crippen molar-refractivity contribution in [2.75, 3.05) is 17.7 Å². The van der Waals surface area contributed by atoms with E-state index in [1.807, 2.05) is 6.92 Å². The van der Waals surface area contributed by atoms with Crippen molar-refractivity contribution in [1.82, 2.24) is 14.3 Å². The number of carbonyl (C=O) groups is 1. The van der Waals surface area contributed by atoms with Crippen LogP contribution in [-0.2, 0) is 13.2 Å². The highest BCUT2D eigenvalue weighted by Gasteiger charge is 2.38. The van der Waals surface area contributed by atoms with Gasteiger partial charge in [-0.05, 0) is 62.1 Å². The number of ether oxygens (including phenoxy) is 2. The summed E-state index contributed by atoms with van der Waals surface area (Å²) < 4.78 is 109. The number of methoxy groups -OCH3 is 1. The van der Waals surface area contributed by atoms with E-state index in [0.29, 0.717) is 4.68 Å². The Bertz CT molecular complexity index is 1810. The van der Waals surface area contributed by atoms with Crippen molar-refractivity contribution < 1.29 is 45.0 Å². The van der Waals surface area contributed by atoms with Gasteiger partial charge in [-0.1, -0.05) is 0 Å². The third kappa shape index (κ3) is 6.50. The fraction of sp³-hybridized carbons (Fsp3) is 0.300. The van der Waals surface area contributed by atoms with E-state index in [9.17, 15) is 31.5 Å². The largest absolute Gasteiger partial charge is 0.497 e. The Balaban J connectivity index is 1.70. The number of hydrogen-bond donors (Lipinski definition) is 2. The number of alkyl halides is 5. The molecule has 2 heterocycles. The predicted molar refractivity (Wildman–Crippen MR) is 153 cm³/mol. The molecule has 1 aliphatic carbocycles. The Kier molecular flexibility index (Phi) is 8.73. The number of nitrogens with one attached hydrogen (secondary N) is 2. The summed E-state index contributed by atoms with van der Waals surface area (Å²) in [7, 11) is 2.22. The van der Waals surface area contributed by atoms with Gasteiger partial charge in [0.2, 0.25) is 0 Å². The van der Waals surface area contributed by atoms with Crippen LogP contribution >= 0.6 is 0 Å². The molecule has 1 saturated carbocycles. The lowest BCUT2D eigenvalue weighted by molar-refractivity contribution is -0.137. The van der Waals surface area contributed by atoms with Crippen LogP contribution in [0, 0.1) is 17.6 Å². The van der Waals surface area contributed by atoms with Crippen LogP contribution in [0.4, 0.5) is 42.2 Å². The van der Waals surface area contributed by atoms with E-state index < -0.39 is 64.2 Å². The monoisotopic (exact) mass is 653 g/mol. The summed E-state index contributed by atoms with van der Waals surface area (Å²) in [6, 6.07) is 7.47. The van der Waals surface area contributed by atoms with E-state index in [1.54, 1.807) is 0 Å². The molecule has 5 rings (SSSR count). The van der Waals surface area contributed by atoms with Crippen molar-refractivity contribution in [3.63, 3.8) is 0 Å². The average molecular weight is 654 g/mol. The van der Waals surface area contributed by atoms with Crippen LogP contribution in [0.1, 0.15) is 35.7 Å². The Hall–Kier alpha value is -5.02. The van der Waals surface area contributed by atoms with Gasteiger partial charge >= 0.3 is 12.8 Å². The van der Waals surface area contributed by atoms with E-state index in [0.717, 1.165) is 80.2 Å². The fourth-order valence-electron chi connectivity index (χ4n) is 4.97. The molecule has 244 valence electrons. The number of aromatic nitrogens is 3. The molecule has 0 saturated heterocycles. The molecule has 1 amide bonds. The summed E-state index contributed by atoms with van der Waals surface area (Å²) in [5.74, 6) is -4.70. The molecule has 0 bridgehead atoms. The van der Waals surface area contributed by atoms with Crippen molar-refractivity contribution in [3.8, 4) is 28.6 Å². The quantitative estimate of drug-likeness (QED) is 0.187. The van der Waals surface area contributed by atoms with Gasteiger partial charge in [-0.3, -0.25) is 14.3 Å². The summed E-state index contributed by atoms with van der Waals surface area (Å²) in [5, 5.41) is 5.25. The summed E-state index contributed by atoms with van der Waals surface area (Å²) in [4.78, 5) is 31.2. The first-order chi connectivity index (χ1) is 21.7. The average Bonchev–Trinajstić information content (AvgIpc) is 3.80. The smallest absolute Gasteiger partial charge is 0.420 e. The van der Waals surface area contributed by atoms with Gasteiger partial charge in [0, 0.05) is 30.8 Å². The maximum Gasteiger partial charge on any atom is 0.420 e. The van der Waals surface area contributed by atoms with Crippen molar-refractivity contribution in [3.05, 3.63) is 81.6 Å². The molecule has 0 unspecified atom stereocenters. The molecule has 16 heteroatoms. The first-order valence-corrected chi connectivity index (χ1v) is 13.8. The number of anilines is 2. The zero-order valence-electron chi connectivity index (χ0n) is 24.4. The van der Waals surface area contributed by atoms with Gasteiger partial charge in [0.1, 0.15) is 45.9 Å². The van der Waals surface area contributed by atoms with Crippen LogP contribution in [0.15, 0.2) is 53.3 Å². The lowest BCUT2D eigenvalue weighted by Crippen LogP contribution is -2.27. The second-order valence-corrected chi connectivity index (χ2v) is 10.5. The number of hydrogen-bond acceptors (Lipinski definition) is 6. The SMILES string of the molecule is COc1cc(F)c(-c2c(NC(=O)c3ccc(OC(F)F)cc3)c(=O)n(-c3nc(N[C@H](C)C4CC4)ccc3C(F)(F)F)n2C)c(F)c1. The minimum Gasteiger partial charge on any atom is -0.497 e. The van der Waals surface area contributed by atoms with Crippen LogP contribution in [0.5, 0.6) is 11.5 Å². The van der Waals surface area contributed by atoms with Crippen molar-refractivity contribution in [2.24, 2.45) is 13.0 Å². The molecule has 4 aromatic rings. The Morgan fingerprint density at radius 2 is 1.65 bits per heavy atom. The Morgan fingerprint density at radius 1 is 1.02 bits per heavy atom. The standard InChI is InChI=1S/C30H26F7N5O4/c1-14(15-4-5-15)38-22-11-10-19(30(35,36)37)26(39-22)42-28(44)24(40-27(43)16-6-8-17(9-7-16)46-29(33)34)25(41(42)2)23-20(31)12-18(45-3)13-21(23)32/h6-15,29H,4-5H2,1-3H3,(H,38,39)(H,40,43)/t14-/m1/s1. The van der Waals surface area contributed by atoms with E-state index in [4.69, 9.17) is 4.74 Å². The zero-order chi connectivity index (χ0) is 33.5. The fourth-order valence-corrected chi connectivity index (χ4v) is 4.97. The van der Waals surface area contributed by atoms with Gasteiger partial charge in [0.05, 0.1) is 12.7 Å². The molecule has 1 atom stereocenters. The van der Waals surface area contributed by atoms with Crippen LogP contribution in [-0.4, -0.2) is 40.0 Å². The number of halogens is 7. The highest BCUT2D eigenvalue weighted by Crippen LogP contribution is 2.38. The number of nitrogens with zero attached hydrogens (tertiary/aromatic N) is 3. The van der Waals surface area contributed by atoms with Crippen LogP contribution < -0.4 is 25.7 Å². The highest BCUT2D eigenvalue weighted by atomic mass is 19.4. The minimum atomic E-state index is -5.02. The van der Waals surface area contributed by atoms with Gasteiger partial charge < -0.3 is 20.1 Å². The molecule has 2 aromatic carbocycles. The molecular formula is C30H26F7N5O4. The van der Waals surface area contributed by atoms with Crippen molar-refractivity contribution in [2.45, 2.75) is 38.6 Å². The van der Waals surface area contributed by atoms with E-state index in [2.05, 4.69) is 20.4 Å². The maximum atomic E-state index is 15.4. The minimum absolute atomic E-state index is 0.00977. The van der Waals surface area contributed by atoms with Crippen molar-refractivity contribution >= 4 is 17.4 Å². The molecule has 0 spiro atoms. The van der Waals surface area contributed by atoms with Gasteiger partial charge in [-0.2, -0.15) is 26.6 Å². The molecule has 9 nitrogen and oxygen atoms in total. The summed E-state index contributed by atoms with van der Waals surface area (Å²) in [6.45, 7) is -1.31. The lowest BCUT2D eigenvalue weighted by Gasteiger charge is -2.19. The number of benzene rings is 2. The summed E-state index contributed by atoms with van der Waals surface area (Å²) in [5.41, 5.74) is -5.12. The number of carbonyl (C=O) groups excluding carboxylic acids is 1. The molecule has 2 N–H and O–H groups in total. The molecule has 46 heavy (non-hydrogen) atoms. The molecular weight excluding hydrogens is 627 g/mol. The first kappa shape index (κ1) is 32.4. The molecule has 0 aliphatic heterocycles. The Labute approximate surface area is 256 Å². The highest BCUT2D eigenvalue weighted by molar-refractivity contribution is 6.06. The second-order valence-electron chi connectivity index (χ2n) is 10.5. The number of amides is 1. The predicted octanol–water partition coefficient (Wildman–Crippen LogP) is 6.61. The second kappa shape index (κ2) is 12.4. The zero-order valence-corrected chi connectivity index (χ0v) is 24.4. The first-order valence-electron chi connectivity index (χ1n) is 13.8. The topological polar surface area (TPSA) is 99.4 Å². The third-order valence-corrected chi connectivity index (χ3v) is 7.42. The van der Waals surface area contributed by atoms with Crippen LogP contribution in [0.2, 0.25) is 0 Å². The summed E-state index contributed by atoms with van der Waals surface area (Å²) in [6.07, 6.45) is -3.17. The molecule has 2 aromatic heterocycles. The maximum absolute atomic E-state index is 15.4. The van der Waals surface area contributed by atoms with Crippen LogP contribution in [0.25, 0.3) is 17.1 Å².